The van der Waals surface area contributed by atoms with Gasteiger partial charge >= 0.3 is 0 Å². The van der Waals surface area contributed by atoms with E-state index in [0.29, 0.717) is 19.6 Å². The van der Waals surface area contributed by atoms with E-state index in [2.05, 4.69) is 29.6 Å². The van der Waals surface area contributed by atoms with Gasteiger partial charge in [-0.3, -0.25) is 9.59 Å². The molecule has 0 aliphatic carbocycles. The summed E-state index contributed by atoms with van der Waals surface area (Å²) in [6.45, 7) is 4.08. The Morgan fingerprint density at radius 3 is 2.70 bits per heavy atom. The van der Waals surface area contributed by atoms with Gasteiger partial charge in [0, 0.05) is 26.2 Å². The van der Waals surface area contributed by atoms with E-state index in [4.69, 9.17) is 5.73 Å². The third-order valence-electron chi connectivity index (χ3n) is 5.19. The monoisotopic (exact) mass is 389 g/mol. The van der Waals surface area contributed by atoms with Crippen molar-refractivity contribution in [1.82, 2.24) is 10.2 Å². The number of hydrogen-bond donors (Lipinski definition) is 2. The molecule has 2 atom stereocenters. The zero-order valence-corrected chi connectivity index (χ0v) is 16.5. The number of rotatable bonds is 5. The highest BCUT2D eigenvalue weighted by molar-refractivity contribution is 5.88. The van der Waals surface area contributed by atoms with Crippen LogP contribution in [0.1, 0.15) is 31.2 Å². The molecule has 3 rings (SSSR count). The average molecular weight is 390 g/mol. The summed E-state index contributed by atoms with van der Waals surface area (Å²) >= 11 is 0. The Bertz CT molecular complexity index is 796. The molecule has 1 aliphatic rings. The number of nitrogens with one attached hydrogen (secondary N) is 1. The van der Waals surface area contributed by atoms with Crippen LogP contribution in [-0.2, 0) is 9.59 Å². The van der Waals surface area contributed by atoms with E-state index in [9.17, 15) is 9.59 Å². The van der Waals surface area contributed by atoms with Gasteiger partial charge in [-0.05, 0) is 36.1 Å². The number of nitrogens with zero attached hydrogens (tertiary/aromatic N) is 1. The van der Waals surface area contributed by atoms with Crippen LogP contribution in [0.5, 0.6) is 0 Å². The van der Waals surface area contributed by atoms with Gasteiger partial charge < -0.3 is 16.0 Å². The molecule has 2 aromatic carbocycles. The molecule has 2 aromatic rings. The van der Waals surface area contributed by atoms with Gasteiger partial charge in [0.15, 0.2) is 0 Å². The molecule has 1 saturated heterocycles. The van der Waals surface area contributed by atoms with Crippen LogP contribution in [0.25, 0.3) is 10.8 Å². The van der Waals surface area contributed by atoms with Gasteiger partial charge in [0.1, 0.15) is 0 Å². The third kappa shape index (κ3) is 4.99. The number of benzene rings is 2. The minimum Gasteiger partial charge on any atom is -0.355 e. The number of carbonyl (C=O) groups excluding carboxylic acids is 2. The molecule has 0 radical (unpaired) electrons. The smallest absolute Gasteiger partial charge is 0.229 e. The van der Waals surface area contributed by atoms with Crippen molar-refractivity contribution in [2.24, 2.45) is 11.7 Å². The second kappa shape index (κ2) is 9.72. The number of amides is 2. The lowest BCUT2D eigenvalue weighted by Gasteiger charge is -2.33. The second-order valence-corrected chi connectivity index (χ2v) is 7.03. The quantitative estimate of drug-likeness (QED) is 0.825. The zero-order chi connectivity index (χ0) is 18.5. The van der Waals surface area contributed by atoms with Gasteiger partial charge in [-0.1, -0.05) is 42.5 Å². The Labute approximate surface area is 166 Å². The number of halogens is 1. The molecule has 2 amide bonds. The fourth-order valence-corrected chi connectivity index (χ4v) is 3.62. The van der Waals surface area contributed by atoms with Crippen molar-refractivity contribution >= 4 is 35.0 Å². The van der Waals surface area contributed by atoms with Gasteiger partial charge in [0.05, 0.1) is 11.8 Å². The van der Waals surface area contributed by atoms with Crippen molar-refractivity contribution in [2.45, 2.75) is 25.7 Å². The van der Waals surface area contributed by atoms with Crippen LogP contribution in [-0.4, -0.2) is 42.9 Å². The predicted molar refractivity (Wildman–Crippen MR) is 111 cm³/mol. The maximum absolute atomic E-state index is 13.0. The number of carbonyl (C=O) groups is 2. The normalized spacial score (nSPS) is 17.9. The van der Waals surface area contributed by atoms with E-state index in [1.165, 1.54) is 5.39 Å². The highest BCUT2D eigenvalue weighted by Crippen LogP contribution is 2.25. The first kappa shape index (κ1) is 21.2. The maximum Gasteiger partial charge on any atom is 0.229 e. The van der Waals surface area contributed by atoms with Crippen LogP contribution in [0, 0.1) is 5.92 Å². The van der Waals surface area contributed by atoms with Gasteiger partial charge in [0.25, 0.3) is 0 Å². The molecule has 146 valence electrons. The molecular formula is C21H28ClN3O2. The standard InChI is InChI=1S/C21H27N3O2.ClH/c1-15(17-9-8-16-5-2-3-6-18(16)13-17)21(26)24-12-4-7-19(14-24)20(25)23-11-10-22;/h2-3,5-6,8-9,13,15,19H,4,7,10-12,14,22H2,1H3,(H,23,25);1H. The van der Waals surface area contributed by atoms with Crippen molar-refractivity contribution in [2.75, 3.05) is 26.2 Å². The van der Waals surface area contributed by atoms with Crippen LogP contribution in [0.3, 0.4) is 0 Å². The lowest BCUT2D eigenvalue weighted by atomic mass is 9.93. The molecule has 0 saturated carbocycles. The first-order chi connectivity index (χ1) is 12.6. The fraction of sp³-hybridized carbons (Fsp3) is 0.429. The Kier molecular flexibility index (Phi) is 7.63. The number of nitrogens with two attached hydrogens (primary N) is 1. The summed E-state index contributed by atoms with van der Waals surface area (Å²) in [6.07, 6.45) is 1.68. The number of likely N-dealkylation sites (tertiary alicyclic amines) is 1. The molecule has 0 aromatic heterocycles. The van der Waals surface area contributed by atoms with E-state index < -0.39 is 0 Å². The van der Waals surface area contributed by atoms with Gasteiger partial charge in [-0.15, -0.1) is 12.4 Å². The number of piperidine rings is 1. The Balaban J connectivity index is 0.00000261. The van der Waals surface area contributed by atoms with Crippen LogP contribution >= 0.6 is 12.4 Å². The van der Waals surface area contributed by atoms with E-state index in [0.717, 1.165) is 30.3 Å². The molecule has 1 aliphatic heterocycles. The lowest BCUT2D eigenvalue weighted by Crippen LogP contribution is -2.47. The summed E-state index contributed by atoms with van der Waals surface area (Å²) in [6, 6.07) is 14.3. The highest BCUT2D eigenvalue weighted by atomic mass is 35.5. The van der Waals surface area contributed by atoms with E-state index >= 15 is 0 Å². The van der Waals surface area contributed by atoms with Crippen molar-refractivity contribution in [3.63, 3.8) is 0 Å². The zero-order valence-electron chi connectivity index (χ0n) is 15.7. The Morgan fingerprint density at radius 1 is 1.22 bits per heavy atom. The summed E-state index contributed by atoms with van der Waals surface area (Å²) in [4.78, 5) is 27.0. The molecule has 27 heavy (non-hydrogen) atoms. The molecule has 0 bridgehead atoms. The number of hydrogen-bond acceptors (Lipinski definition) is 3. The molecule has 6 heteroatoms. The summed E-state index contributed by atoms with van der Waals surface area (Å²) in [5, 5.41) is 5.15. The van der Waals surface area contributed by atoms with E-state index in [-0.39, 0.29) is 36.1 Å². The topological polar surface area (TPSA) is 75.4 Å². The molecular weight excluding hydrogens is 362 g/mol. The van der Waals surface area contributed by atoms with Crippen molar-refractivity contribution in [1.29, 1.82) is 0 Å². The van der Waals surface area contributed by atoms with Gasteiger partial charge in [0.2, 0.25) is 11.8 Å². The van der Waals surface area contributed by atoms with E-state index in [1.54, 1.807) is 0 Å². The Morgan fingerprint density at radius 2 is 1.96 bits per heavy atom. The summed E-state index contributed by atoms with van der Waals surface area (Å²) in [7, 11) is 0. The first-order valence-electron chi connectivity index (χ1n) is 9.35. The van der Waals surface area contributed by atoms with Gasteiger partial charge in [-0.2, -0.15) is 0 Å². The SMILES string of the molecule is CC(C(=O)N1CCCC(C(=O)NCCN)C1)c1ccc2ccccc2c1.Cl. The molecule has 1 heterocycles. The molecule has 0 spiro atoms. The molecule has 1 fully saturated rings. The fourth-order valence-electron chi connectivity index (χ4n) is 3.62. The molecule has 3 N–H and O–H groups in total. The molecule has 5 nitrogen and oxygen atoms in total. The van der Waals surface area contributed by atoms with Crippen LogP contribution < -0.4 is 11.1 Å². The average Bonchev–Trinajstić information content (AvgIpc) is 2.70. The van der Waals surface area contributed by atoms with Crippen molar-refractivity contribution < 1.29 is 9.59 Å². The van der Waals surface area contributed by atoms with Crippen molar-refractivity contribution in [3.8, 4) is 0 Å². The minimum absolute atomic E-state index is 0. The van der Waals surface area contributed by atoms with Crippen LogP contribution in [0.15, 0.2) is 42.5 Å². The van der Waals surface area contributed by atoms with Gasteiger partial charge in [-0.25, -0.2) is 0 Å². The van der Waals surface area contributed by atoms with Crippen LogP contribution in [0.4, 0.5) is 0 Å². The number of fused-ring (bicyclic) bond motifs is 1. The second-order valence-electron chi connectivity index (χ2n) is 7.03. The predicted octanol–water partition coefficient (Wildman–Crippen LogP) is 2.68. The van der Waals surface area contributed by atoms with Crippen LogP contribution in [0.2, 0.25) is 0 Å². The summed E-state index contributed by atoms with van der Waals surface area (Å²) in [5.41, 5.74) is 6.46. The summed E-state index contributed by atoms with van der Waals surface area (Å²) < 4.78 is 0. The summed E-state index contributed by atoms with van der Waals surface area (Å²) in [5.74, 6) is -0.253. The lowest BCUT2D eigenvalue weighted by molar-refractivity contribution is -0.136. The van der Waals surface area contributed by atoms with Crippen molar-refractivity contribution in [3.05, 3.63) is 48.0 Å². The first-order valence-corrected chi connectivity index (χ1v) is 9.35. The largest absolute Gasteiger partial charge is 0.355 e. The third-order valence-corrected chi connectivity index (χ3v) is 5.19. The minimum atomic E-state index is -0.217. The molecule has 2 unspecified atom stereocenters. The highest BCUT2D eigenvalue weighted by Gasteiger charge is 2.30. The maximum atomic E-state index is 13.0. The van der Waals surface area contributed by atoms with E-state index in [1.807, 2.05) is 30.0 Å². The Hall–Kier alpha value is -2.11.